The Kier molecular flexibility index (Phi) is 5.07. The van der Waals surface area contributed by atoms with Crippen LogP contribution in [0.1, 0.15) is 5.56 Å². The highest BCUT2D eigenvalue weighted by Crippen LogP contribution is 2.36. The van der Waals surface area contributed by atoms with E-state index in [-0.39, 0.29) is 29.3 Å². The highest BCUT2D eigenvalue weighted by Gasteiger charge is 2.47. The monoisotopic (exact) mass is 437 g/mol. The number of hydrogen-bond donors (Lipinski definition) is 0. The van der Waals surface area contributed by atoms with Gasteiger partial charge in [0.2, 0.25) is 0 Å². The summed E-state index contributed by atoms with van der Waals surface area (Å²) in [6.07, 6.45) is 0. The number of halogens is 1. The number of hydrogen-bond acceptors (Lipinski definition) is 7. The third-order valence-electron chi connectivity index (χ3n) is 4.71. The molecule has 0 spiro atoms. The molecule has 2 aromatic rings. The van der Waals surface area contributed by atoms with Gasteiger partial charge in [0.25, 0.3) is 5.69 Å². The van der Waals surface area contributed by atoms with Crippen LogP contribution >= 0.6 is 23.4 Å². The van der Waals surface area contributed by atoms with Crippen molar-refractivity contribution in [2.75, 3.05) is 16.4 Å². The van der Waals surface area contributed by atoms with Crippen molar-refractivity contribution in [1.82, 2.24) is 0 Å². The van der Waals surface area contributed by atoms with E-state index in [1.807, 2.05) is 17.0 Å². The summed E-state index contributed by atoms with van der Waals surface area (Å²) >= 11 is 7.62. The normalized spacial score (nSPS) is 22.8. The highest BCUT2D eigenvalue weighted by atomic mass is 35.5. The molecule has 4 rings (SSSR count). The van der Waals surface area contributed by atoms with Gasteiger partial charge in [0.1, 0.15) is 0 Å². The van der Waals surface area contributed by atoms with Crippen LogP contribution in [0.5, 0.6) is 0 Å². The zero-order valence-corrected chi connectivity index (χ0v) is 17.0. The second-order valence-electron chi connectivity index (χ2n) is 6.69. The Hall–Kier alpha value is -2.10. The van der Waals surface area contributed by atoms with Gasteiger partial charge in [0, 0.05) is 28.6 Å². The van der Waals surface area contributed by atoms with Crippen LogP contribution in [0.3, 0.4) is 0 Å². The second-order valence-corrected chi connectivity index (χ2v) is 10.2. The molecular formula is C18H16ClN3O4S2. The lowest BCUT2D eigenvalue weighted by atomic mass is 10.1. The Morgan fingerprint density at radius 3 is 2.64 bits per heavy atom. The Morgan fingerprint density at radius 1 is 1.21 bits per heavy atom. The van der Waals surface area contributed by atoms with E-state index in [1.165, 1.54) is 23.9 Å². The highest BCUT2D eigenvalue weighted by molar-refractivity contribution is 8.13. The number of nitro benzene ring substituents is 1. The molecule has 146 valence electrons. The molecule has 7 nitrogen and oxygen atoms in total. The number of fused-ring (bicyclic) bond motifs is 1. The van der Waals surface area contributed by atoms with Gasteiger partial charge in [-0.2, -0.15) is 0 Å². The van der Waals surface area contributed by atoms with E-state index < -0.39 is 14.8 Å². The minimum atomic E-state index is -3.11. The van der Waals surface area contributed by atoms with Crippen molar-refractivity contribution < 1.29 is 13.3 Å². The van der Waals surface area contributed by atoms with E-state index >= 15 is 0 Å². The van der Waals surface area contributed by atoms with E-state index in [1.54, 1.807) is 24.3 Å². The van der Waals surface area contributed by atoms with Crippen LogP contribution in [0.2, 0.25) is 5.02 Å². The first-order chi connectivity index (χ1) is 13.3. The smallest absolute Gasteiger partial charge is 0.269 e. The van der Waals surface area contributed by atoms with Gasteiger partial charge >= 0.3 is 0 Å². The molecule has 2 atom stereocenters. The first-order valence-corrected chi connectivity index (χ1v) is 11.7. The first-order valence-electron chi connectivity index (χ1n) is 8.51. The molecule has 0 radical (unpaired) electrons. The quantitative estimate of drug-likeness (QED) is 0.536. The van der Waals surface area contributed by atoms with Crippen LogP contribution in [0.25, 0.3) is 0 Å². The summed E-state index contributed by atoms with van der Waals surface area (Å²) in [7, 11) is -3.11. The molecule has 2 aromatic carbocycles. The van der Waals surface area contributed by atoms with Crippen molar-refractivity contribution in [2.24, 2.45) is 4.99 Å². The number of thioether (sulfide) groups is 1. The molecular weight excluding hydrogens is 422 g/mol. The van der Waals surface area contributed by atoms with Crippen molar-refractivity contribution in [1.29, 1.82) is 0 Å². The molecule has 1 saturated heterocycles. The number of nitro groups is 1. The SMILES string of the molecule is O=[N+]([O-])c1ccc(CSC2=N[C@H]3CS(=O)(=O)C[C@@H]3N2c2cccc(Cl)c2)cc1. The van der Waals surface area contributed by atoms with E-state index in [9.17, 15) is 18.5 Å². The van der Waals surface area contributed by atoms with Gasteiger partial charge in [0.15, 0.2) is 15.0 Å². The first kappa shape index (κ1) is 19.2. The maximum Gasteiger partial charge on any atom is 0.269 e. The topological polar surface area (TPSA) is 92.9 Å². The molecule has 2 heterocycles. The van der Waals surface area contributed by atoms with Crippen molar-refractivity contribution >= 4 is 49.7 Å². The second kappa shape index (κ2) is 7.38. The van der Waals surface area contributed by atoms with Crippen LogP contribution in [-0.2, 0) is 15.6 Å². The third-order valence-corrected chi connectivity index (χ3v) is 7.68. The molecule has 0 aromatic heterocycles. The van der Waals surface area contributed by atoms with E-state index in [0.29, 0.717) is 10.8 Å². The van der Waals surface area contributed by atoms with Crippen LogP contribution in [0, 0.1) is 10.1 Å². The van der Waals surface area contributed by atoms with Gasteiger partial charge in [-0.05, 0) is 23.8 Å². The fourth-order valence-electron chi connectivity index (χ4n) is 3.42. The number of amidine groups is 1. The van der Waals surface area contributed by atoms with Gasteiger partial charge in [-0.3, -0.25) is 15.1 Å². The van der Waals surface area contributed by atoms with Crippen molar-refractivity contribution in [2.45, 2.75) is 17.8 Å². The van der Waals surface area contributed by atoms with Gasteiger partial charge in [-0.15, -0.1) is 0 Å². The zero-order chi connectivity index (χ0) is 19.9. The van der Waals surface area contributed by atoms with E-state index in [0.717, 1.165) is 16.4 Å². The van der Waals surface area contributed by atoms with Gasteiger partial charge in [-0.25, -0.2) is 8.42 Å². The summed E-state index contributed by atoms with van der Waals surface area (Å²) in [5, 5.41) is 12.1. The van der Waals surface area contributed by atoms with Crippen molar-refractivity contribution in [3.63, 3.8) is 0 Å². The molecule has 2 aliphatic heterocycles. The zero-order valence-electron chi connectivity index (χ0n) is 14.6. The van der Waals surface area contributed by atoms with Crippen LogP contribution in [0.4, 0.5) is 11.4 Å². The Labute approximate surface area is 171 Å². The minimum Gasteiger partial charge on any atom is -0.315 e. The third kappa shape index (κ3) is 3.87. The fraction of sp³-hybridized carbons (Fsp3) is 0.278. The van der Waals surface area contributed by atoms with Crippen LogP contribution in [-0.4, -0.2) is 42.1 Å². The minimum absolute atomic E-state index is 0.0484. The lowest BCUT2D eigenvalue weighted by Gasteiger charge is -2.26. The maximum absolute atomic E-state index is 12.1. The number of rotatable bonds is 4. The molecule has 0 amide bonds. The van der Waals surface area contributed by atoms with Crippen LogP contribution < -0.4 is 4.90 Å². The number of benzene rings is 2. The Morgan fingerprint density at radius 2 is 1.96 bits per heavy atom. The summed E-state index contributed by atoms with van der Waals surface area (Å²) in [6, 6.07) is 13.2. The number of non-ortho nitro benzene ring substituents is 1. The lowest BCUT2D eigenvalue weighted by Crippen LogP contribution is -2.39. The molecule has 0 N–H and O–H groups in total. The summed E-state index contributed by atoms with van der Waals surface area (Å²) in [6.45, 7) is 0. The van der Waals surface area contributed by atoms with E-state index in [4.69, 9.17) is 11.6 Å². The summed E-state index contributed by atoms with van der Waals surface area (Å²) in [5.74, 6) is 0.686. The standard InChI is InChI=1S/C18H16ClN3O4S2/c19-13-2-1-3-15(8-13)21-17-11-28(25,26)10-16(17)20-18(21)27-9-12-4-6-14(7-5-12)22(23)24/h1-8,16-17H,9-11H2/t16-,17-/m0/s1. The molecule has 0 saturated carbocycles. The molecule has 10 heteroatoms. The average Bonchev–Trinajstić information content (AvgIpc) is 3.11. The van der Waals surface area contributed by atoms with Crippen molar-refractivity contribution in [3.05, 3.63) is 69.2 Å². The van der Waals surface area contributed by atoms with Crippen LogP contribution in [0.15, 0.2) is 53.5 Å². The van der Waals surface area contributed by atoms with Gasteiger partial charge in [-0.1, -0.05) is 41.6 Å². The predicted octanol–water partition coefficient (Wildman–Crippen LogP) is 3.52. The average molecular weight is 438 g/mol. The lowest BCUT2D eigenvalue weighted by molar-refractivity contribution is -0.384. The fourth-order valence-corrected chi connectivity index (χ4v) is 6.53. The number of aliphatic imine (C=N–C) groups is 1. The van der Waals surface area contributed by atoms with Crippen molar-refractivity contribution in [3.8, 4) is 0 Å². The maximum atomic E-state index is 12.1. The molecule has 1 fully saturated rings. The number of anilines is 1. The number of sulfone groups is 1. The molecule has 0 bridgehead atoms. The summed E-state index contributed by atoms with van der Waals surface area (Å²) in [5.41, 5.74) is 1.79. The molecule has 2 aliphatic rings. The van der Waals surface area contributed by atoms with Gasteiger partial charge in [0.05, 0.1) is 28.5 Å². The molecule has 0 aliphatic carbocycles. The largest absolute Gasteiger partial charge is 0.315 e. The molecule has 0 unspecified atom stereocenters. The van der Waals surface area contributed by atoms with Gasteiger partial charge < -0.3 is 4.90 Å². The molecule has 28 heavy (non-hydrogen) atoms. The Bertz CT molecular complexity index is 1060. The van der Waals surface area contributed by atoms with E-state index in [2.05, 4.69) is 4.99 Å². The Balaban J connectivity index is 1.58. The predicted molar refractivity (Wildman–Crippen MR) is 112 cm³/mol. The summed E-state index contributed by atoms with van der Waals surface area (Å²) in [4.78, 5) is 17.0. The summed E-state index contributed by atoms with van der Waals surface area (Å²) < 4.78 is 24.2. The number of nitrogens with zero attached hydrogens (tertiary/aromatic N) is 3.